The van der Waals surface area contributed by atoms with E-state index < -0.39 is 6.09 Å². The summed E-state index contributed by atoms with van der Waals surface area (Å²) in [6.07, 6.45) is -0.568. The number of anilines is 2. The second kappa shape index (κ2) is 7.96. The molecule has 0 spiro atoms. The molecular weight excluding hydrogens is 313 g/mol. The van der Waals surface area contributed by atoms with Crippen LogP contribution in [0.1, 0.15) is 5.56 Å². The quantitative estimate of drug-likeness (QED) is 0.898. The van der Waals surface area contributed by atoms with Crippen molar-refractivity contribution in [2.24, 2.45) is 0 Å². The lowest BCUT2D eigenvalue weighted by atomic mass is 10.2. The summed E-state index contributed by atoms with van der Waals surface area (Å²) in [5.74, 6) is -0.338. The van der Waals surface area contributed by atoms with Gasteiger partial charge in [-0.25, -0.2) is 14.0 Å². The van der Waals surface area contributed by atoms with E-state index in [4.69, 9.17) is 0 Å². The first kappa shape index (κ1) is 17.3. The van der Waals surface area contributed by atoms with Crippen LogP contribution in [0.25, 0.3) is 0 Å². The molecule has 0 aliphatic rings. The van der Waals surface area contributed by atoms with Gasteiger partial charge in [0.2, 0.25) is 0 Å². The van der Waals surface area contributed by atoms with Crippen LogP contribution in [-0.2, 0) is 11.3 Å². The summed E-state index contributed by atoms with van der Waals surface area (Å²) in [6.45, 7) is 0.283. The highest BCUT2D eigenvalue weighted by Gasteiger charge is 2.10. The Morgan fingerprint density at radius 1 is 1.08 bits per heavy atom. The van der Waals surface area contributed by atoms with Crippen LogP contribution in [0.15, 0.2) is 48.5 Å². The predicted molar refractivity (Wildman–Crippen MR) is 89.4 cm³/mol. The molecule has 0 heterocycles. The molecule has 0 aliphatic heterocycles. The van der Waals surface area contributed by atoms with Gasteiger partial charge in [0.25, 0.3) is 0 Å². The minimum atomic E-state index is -0.568. The first-order valence-corrected chi connectivity index (χ1v) is 7.19. The number of hydrogen-bond donors (Lipinski definition) is 2. The molecule has 0 aromatic heterocycles. The van der Waals surface area contributed by atoms with Crippen molar-refractivity contribution in [1.82, 2.24) is 4.90 Å². The van der Waals surface area contributed by atoms with Crippen molar-refractivity contribution in [3.63, 3.8) is 0 Å². The zero-order valence-corrected chi connectivity index (χ0v) is 13.4. The second-order valence-corrected chi connectivity index (χ2v) is 5.11. The number of hydrogen-bond acceptors (Lipinski definition) is 3. The molecule has 0 bridgehead atoms. The summed E-state index contributed by atoms with van der Waals surface area (Å²) in [5, 5.41) is 5.23. The average Bonchev–Trinajstić information content (AvgIpc) is 2.56. The predicted octanol–water partition coefficient (Wildman–Crippen LogP) is 3.67. The number of carbonyl (C=O) groups excluding carboxylic acids is 2. The molecule has 3 amide bonds. The molecule has 2 aromatic rings. The maximum atomic E-state index is 13.2. The number of rotatable bonds is 4. The third kappa shape index (κ3) is 4.98. The van der Waals surface area contributed by atoms with Gasteiger partial charge in [-0.2, -0.15) is 0 Å². The number of nitrogens with one attached hydrogen (secondary N) is 2. The lowest BCUT2D eigenvalue weighted by Crippen LogP contribution is -2.30. The highest BCUT2D eigenvalue weighted by atomic mass is 19.1. The summed E-state index contributed by atoms with van der Waals surface area (Å²) in [7, 11) is 2.89. The molecule has 2 N–H and O–H groups in total. The molecule has 0 atom stereocenters. The molecule has 0 radical (unpaired) electrons. The molecular formula is C17H18FN3O3. The first-order chi connectivity index (χ1) is 11.5. The van der Waals surface area contributed by atoms with Gasteiger partial charge in [0, 0.05) is 25.0 Å². The largest absolute Gasteiger partial charge is 0.453 e. The van der Waals surface area contributed by atoms with E-state index in [1.807, 2.05) is 0 Å². The van der Waals surface area contributed by atoms with Gasteiger partial charge >= 0.3 is 12.1 Å². The standard InChI is InChI=1S/C17H18FN3O3/c1-21(11-12-4-3-5-13(18)10-12)16(22)19-14-6-8-15(9-7-14)20-17(23)24-2/h3-10H,11H2,1-2H3,(H,19,22)(H,20,23). The van der Waals surface area contributed by atoms with Crippen molar-refractivity contribution in [3.05, 3.63) is 59.9 Å². The Labute approximate surface area is 139 Å². The monoisotopic (exact) mass is 331 g/mol. The van der Waals surface area contributed by atoms with Crippen LogP contribution in [0.3, 0.4) is 0 Å². The van der Waals surface area contributed by atoms with E-state index in [9.17, 15) is 14.0 Å². The van der Waals surface area contributed by atoms with Crippen LogP contribution in [0.4, 0.5) is 25.4 Å². The van der Waals surface area contributed by atoms with E-state index in [0.717, 1.165) is 0 Å². The van der Waals surface area contributed by atoms with Gasteiger partial charge in [0.1, 0.15) is 5.82 Å². The Hall–Kier alpha value is -3.09. The molecule has 126 valence electrons. The van der Waals surface area contributed by atoms with Crippen LogP contribution in [-0.4, -0.2) is 31.2 Å². The van der Waals surface area contributed by atoms with Crippen LogP contribution >= 0.6 is 0 Å². The number of nitrogens with zero attached hydrogens (tertiary/aromatic N) is 1. The lowest BCUT2D eigenvalue weighted by molar-refractivity contribution is 0.187. The Kier molecular flexibility index (Phi) is 5.73. The number of carbonyl (C=O) groups is 2. The van der Waals surface area contributed by atoms with E-state index in [1.54, 1.807) is 43.4 Å². The van der Waals surface area contributed by atoms with Gasteiger partial charge in [0.05, 0.1) is 7.11 Å². The zero-order valence-electron chi connectivity index (χ0n) is 13.4. The SMILES string of the molecule is COC(=O)Nc1ccc(NC(=O)N(C)Cc2cccc(F)c2)cc1. The van der Waals surface area contributed by atoms with E-state index in [0.29, 0.717) is 16.9 Å². The van der Waals surface area contributed by atoms with Crippen LogP contribution < -0.4 is 10.6 Å². The molecule has 24 heavy (non-hydrogen) atoms. The number of ether oxygens (including phenoxy) is 1. The Morgan fingerprint density at radius 2 is 1.71 bits per heavy atom. The summed E-state index contributed by atoms with van der Waals surface area (Å²) >= 11 is 0. The Morgan fingerprint density at radius 3 is 2.29 bits per heavy atom. The summed E-state index contributed by atoms with van der Waals surface area (Å²) in [4.78, 5) is 24.7. The van der Waals surface area contributed by atoms with Crippen LogP contribution in [0.2, 0.25) is 0 Å². The van der Waals surface area contributed by atoms with Gasteiger partial charge in [-0.3, -0.25) is 5.32 Å². The smallest absolute Gasteiger partial charge is 0.411 e. The topological polar surface area (TPSA) is 70.7 Å². The Bertz CT molecular complexity index is 719. The molecule has 0 saturated carbocycles. The van der Waals surface area contributed by atoms with Gasteiger partial charge in [-0.1, -0.05) is 12.1 Å². The molecule has 0 saturated heterocycles. The number of urea groups is 1. The number of amides is 3. The van der Waals surface area contributed by atoms with Gasteiger partial charge in [0.15, 0.2) is 0 Å². The number of methoxy groups -OCH3 is 1. The molecule has 7 heteroatoms. The molecule has 2 aromatic carbocycles. The summed E-state index contributed by atoms with van der Waals surface area (Å²) in [6, 6.07) is 12.3. The fourth-order valence-electron chi connectivity index (χ4n) is 2.01. The molecule has 2 rings (SSSR count). The third-order valence-electron chi connectivity index (χ3n) is 3.22. The molecule has 6 nitrogen and oxygen atoms in total. The maximum Gasteiger partial charge on any atom is 0.411 e. The number of benzene rings is 2. The number of halogens is 1. The fraction of sp³-hybridized carbons (Fsp3) is 0.176. The maximum absolute atomic E-state index is 13.2. The fourth-order valence-corrected chi connectivity index (χ4v) is 2.01. The minimum Gasteiger partial charge on any atom is -0.453 e. The highest BCUT2D eigenvalue weighted by Crippen LogP contribution is 2.15. The van der Waals surface area contributed by atoms with E-state index >= 15 is 0 Å². The van der Waals surface area contributed by atoms with Crippen molar-refractivity contribution in [1.29, 1.82) is 0 Å². The van der Waals surface area contributed by atoms with Gasteiger partial charge in [-0.15, -0.1) is 0 Å². The van der Waals surface area contributed by atoms with E-state index in [2.05, 4.69) is 15.4 Å². The minimum absolute atomic E-state index is 0.283. The lowest BCUT2D eigenvalue weighted by Gasteiger charge is -2.18. The van der Waals surface area contributed by atoms with E-state index in [-0.39, 0.29) is 18.4 Å². The average molecular weight is 331 g/mol. The second-order valence-electron chi connectivity index (χ2n) is 5.11. The normalized spacial score (nSPS) is 9.96. The van der Waals surface area contributed by atoms with Crippen LogP contribution in [0, 0.1) is 5.82 Å². The van der Waals surface area contributed by atoms with E-state index in [1.165, 1.54) is 24.1 Å². The van der Waals surface area contributed by atoms with Crippen molar-refractivity contribution in [2.45, 2.75) is 6.54 Å². The van der Waals surface area contributed by atoms with Gasteiger partial charge < -0.3 is 15.0 Å². The Balaban J connectivity index is 1.92. The molecule has 0 unspecified atom stereocenters. The third-order valence-corrected chi connectivity index (χ3v) is 3.22. The van der Waals surface area contributed by atoms with Crippen molar-refractivity contribution >= 4 is 23.5 Å². The van der Waals surface area contributed by atoms with Crippen LogP contribution in [0.5, 0.6) is 0 Å². The molecule has 0 fully saturated rings. The van der Waals surface area contributed by atoms with Gasteiger partial charge in [-0.05, 0) is 42.0 Å². The van der Waals surface area contributed by atoms with Crippen molar-refractivity contribution < 1.29 is 18.7 Å². The first-order valence-electron chi connectivity index (χ1n) is 7.19. The zero-order chi connectivity index (χ0) is 17.5. The van der Waals surface area contributed by atoms with Crippen molar-refractivity contribution in [3.8, 4) is 0 Å². The highest BCUT2D eigenvalue weighted by molar-refractivity contribution is 5.90. The molecule has 0 aliphatic carbocycles. The summed E-state index contributed by atoms with van der Waals surface area (Å²) in [5.41, 5.74) is 1.82. The summed E-state index contributed by atoms with van der Waals surface area (Å²) < 4.78 is 17.7. The van der Waals surface area contributed by atoms with Crippen molar-refractivity contribution in [2.75, 3.05) is 24.8 Å².